The lowest BCUT2D eigenvalue weighted by atomic mass is 10.0. The predicted octanol–water partition coefficient (Wildman–Crippen LogP) is 3.95. The third kappa shape index (κ3) is 3.72. The smallest absolute Gasteiger partial charge is 0.138 e. The van der Waals surface area contributed by atoms with Gasteiger partial charge in [0, 0.05) is 24.3 Å². The van der Waals surface area contributed by atoms with Gasteiger partial charge in [0.2, 0.25) is 0 Å². The fraction of sp³-hybridized carbons (Fsp3) is 0.188. The van der Waals surface area contributed by atoms with Gasteiger partial charge in [-0.3, -0.25) is 9.88 Å². The first kappa shape index (κ1) is 16.0. The van der Waals surface area contributed by atoms with Crippen LogP contribution in [0.5, 0.6) is 0 Å². The van der Waals surface area contributed by atoms with Crippen molar-refractivity contribution in [2.75, 3.05) is 7.05 Å². The van der Waals surface area contributed by atoms with Crippen LogP contribution in [0.3, 0.4) is 0 Å². The van der Waals surface area contributed by atoms with Crippen LogP contribution >= 0.6 is 23.1 Å². The molecule has 0 fully saturated rings. The largest absolute Gasteiger partial charge is 0.288 e. The van der Waals surface area contributed by atoms with Gasteiger partial charge < -0.3 is 0 Å². The van der Waals surface area contributed by atoms with Crippen molar-refractivity contribution in [2.24, 2.45) is 0 Å². The van der Waals surface area contributed by atoms with Crippen molar-refractivity contribution < 1.29 is 4.39 Å². The molecule has 0 saturated carbocycles. The van der Waals surface area contributed by atoms with E-state index in [1.54, 1.807) is 12.3 Å². The maximum atomic E-state index is 13.7. The summed E-state index contributed by atoms with van der Waals surface area (Å²) in [6, 6.07) is 12.0. The zero-order valence-corrected chi connectivity index (χ0v) is 13.9. The Labute approximate surface area is 142 Å². The summed E-state index contributed by atoms with van der Waals surface area (Å²) in [5.41, 5.74) is 2.36. The zero-order valence-electron chi connectivity index (χ0n) is 12.4. The van der Waals surface area contributed by atoms with E-state index >= 15 is 0 Å². The van der Waals surface area contributed by atoms with Crippen molar-refractivity contribution in [2.45, 2.75) is 12.6 Å². The second-order valence-electron chi connectivity index (χ2n) is 5.12. The van der Waals surface area contributed by atoms with E-state index in [1.165, 1.54) is 12.1 Å². The predicted molar refractivity (Wildman–Crippen MR) is 88.9 cm³/mol. The van der Waals surface area contributed by atoms with Crippen LogP contribution < -0.4 is 0 Å². The van der Waals surface area contributed by atoms with E-state index in [1.807, 2.05) is 36.2 Å². The van der Waals surface area contributed by atoms with Crippen LogP contribution in [0, 0.1) is 5.82 Å². The standard InChI is InChI=1S/C16H14ClFN4S/c1-22(10-14-16(17)23-21-20-14)15(13-7-2-3-8-19-13)11-5-4-6-12(18)9-11/h2-9,15H,10H2,1H3. The Morgan fingerprint density at radius 1 is 1.26 bits per heavy atom. The highest BCUT2D eigenvalue weighted by Gasteiger charge is 2.22. The minimum Gasteiger partial charge on any atom is -0.288 e. The Hall–Kier alpha value is -1.89. The molecule has 2 aromatic heterocycles. The van der Waals surface area contributed by atoms with Gasteiger partial charge in [-0.2, -0.15) is 0 Å². The van der Waals surface area contributed by atoms with E-state index in [9.17, 15) is 4.39 Å². The summed E-state index contributed by atoms with van der Waals surface area (Å²) in [7, 11) is 1.93. The molecule has 1 atom stereocenters. The number of hydrogen-bond acceptors (Lipinski definition) is 5. The fourth-order valence-corrected chi connectivity index (χ4v) is 3.10. The first-order valence-corrected chi connectivity index (χ1v) is 8.13. The van der Waals surface area contributed by atoms with Crippen LogP contribution in [0.4, 0.5) is 4.39 Å². The Kier molecular flexibility index (Phi) is 4.95. The van der Waals surface area contributed by atoms with Crippen molar-refractivity contribution in [1.82, 2.24) is 19.5 Å². The van der Waals surface area contributed by atoms with Crippen LogP contribution in [-0.2, 0) is 6.54 Å². The number of halogens is 2. The van der Waals surface area contributed by atoms with Crippen molar-refractivity contribution >= 4 is 23.1 Å². The second-order valence-corrected chi connectivity index (χ2v) is 6.48. The third-order valence-electron chi connectivity index (χ3n) is 3.48. The molecule has 3 rings (SSSR count). The second kappa shape index (κ2) is 7.12. The van der Waals surface area contributed by atoms with Crippen molar-refractivity contribution in [3.8, 4) is 0 Å². The first-order valence-electron chi connectivity index (χ1n) is 6.98. The molecular formula is C16H14ClFN4S. The summed E-state index contributed by atoms with van der Waals surface area (Å²) < 4.78 is 18.1. The number of benzene rings is 1. The molecule has 0 amide bonds. The molecular weight excluding hydrogens is 335 g/mol. The molecule has 118 valence electrons. The van der Waals surface area contributed by atoms with E-state index < -0.39 is 0 Å². The summed E-state index contributed by atoms with van der Waals surface area (Å²) in [5.74, 6) is -0.273. The molecule has 1 aromatic carbocycles. The lowest BCUT2D eigenvalue weighted by molar-refractivity contribution is 0.262. The SMILES string of the molecule is CN(Cc1nnsc1Cl)C(c1cccc(F)c1)c1ccccn1. The van der Waals surface area contributed by atoms with Crippen LogP contribution in [0.15, 0.2) is 48.7 Å². The Bertz CT molecular complexity index is 781. The molecule has 0 N–H and O–H groups in total. The summed E-state index contributed by atoms with van der Waals surface area (Å²) in [4.78, 5) is 6.45. The third-order valence-corrected chi connectivity index (χ3v) is 4.47. The molecule has 0 aliphatic carbocycles. The number of pyridine rings is 1. The highest BCUT2D eigenvalue weighted by molar-refractivity contribution is 7.10. The molecule has 7 heteroatoms. The summed E-state index contributed by atoms with van der Waals surface area (Å²) in [5, 5.41) is 4.04. The van der Waals surface area contributed by atoms with Gasteiger partial charge >= 0.3 is 0 Å². The van der Waals surface area contributed by atoms with Gasteiger partial charge in [-0.15, -0.1) is 5.10 Å². The summed E-state index contributed by atoms with van der Waals surface area (Å²) >= 11 is 7.25. The quantitative estimate of drug-likeness (QED) is 0.700. The first-order chi connectivity index (χ1) is 11.1. The molecule has 0 spiro atoms. The highest BCUT2D eigenvalue weighted by atomic mass is 35.5. The average molecular weight is 349 g/mol. The topological polar surface area (TPSA) is 41.9 Å². The molecule has 3 aromatic rings. The van der Waals surface area contributed by atoms with Gasteiger partial charge in [0.25, 0.3) is 0 Å². The van der Waals surface area contributed by atoms with Crippen LogP contribution in [0.25, 0.3) is 0 Å². The highest BCUT2D eigenvalue weighted by Crippen LogP contribution is 2.29. The normalized spacial score (nSPS) is 12.5. The monoisotopic (exact) mass is 348 g/mol. The van der Waals surface area contributed by atoms with Gasteiger partial charge in [-0.05, 0) is 36.9 Å². The molecule has 0 bridgehead atoms. The van der Waals surface area contributed by atoms with Gasteiger partial charge in [-0.25, -0.2) is 4.39 Å². The van der Waals surface area contributed by atoms with Gasteiger partial charge in [0.1, 0.15) is 15.8 Å². The maximum Gasteiger partial charge on any atom is 0.138 e. The molecule has 0 aliphatic rings. The Morgan fingerprint density at radius 3 is 2.78 bits per heavy atom. The minimum absolute atomic E-state index is 0.204. The molecule has 4 nitrogen and oxygen atoms in total. The minimum atomic E-state index is -0.273. The van der Waals surface area contributed by atoms with Gasteiger partial charge in [0.15, 0.2) is 0 Å². The van der Waals surface area contributed by atoms with E-state index in [2.05, 4.69) is 14.6 Å². The van der Waals surface area contributed by atoms with E-state index in [4.69, 9.17) is 11.6 Å². The summed E-state index contributed by atoms with van der Waals surface area (Å²) in [6.45, 7) is 0.493. The van der Waals surface area contributed by atoms with E-state index in [0.717, 1.165) is 22.8 Å². The lowest BCUT2D eigenvalue weighted by Crippen LogP contribution is -2.26. The molecule has 1 unspecified atom stereocenters. The van der Waals surface area contributed by atoms with Crippen molar-refractivity contribution in [3.63, 3.8) is 0 Å². The van der Waals surface area contributed by atoms with Crippen LogP contribution in [0.2, 0.25) is 4.34 Å². The Balaban J connectivity index is 1.96. The average Bonchev–Trinajstić information content (AvgIpc) is 2.94. The van der Waals surface area contributed by atoms with Crippen molar-refractivity contribution in [3.05, 3.63) is 75.8 Å². The number of nitrogens with zero attached hydrogens (tertiary/aromatic N) is 4. The van der Waals surface area contributed by atoms with Crippen LogP contribution in [-0.4, -0.2) is 26.5 Å². The molecule has 23 heavy (non-hydrogen) atoms. The van der Waals surface area contributed by atoms with E-state index in [-0.39, 0.29) is 11.9 Å². The van der Waals surface area contributed by atoms with Gasteiger partial charge in [0.05, 0.1) is 11.7 Å². The van der Waals surface area contributed by atoms with Crippen molar-refractivity contribution in [1.29, 1.82) is 0 Å². The van der Waals surface area contributed by atoms with Crippen LogP contribution in [0.1, 0.15) is 23.0 Å². The Morgan fingerprint density at radius 2 is 2.13 bits per heavy atom. The van der Waals surface area contributed by atoms with E-state index in [0.29, 0.717) is 16.6 Å². The zero-order chi connectivity index (χ0) is 16.2. The number of aromatic nitrogens is 3. The maximum absolute atomic E-state index is 13.7. The number of hydrogen-bond donors (Lipinski definition) is 0. The lowest BCUT2D eigenvalue weighted by Gasteiger charge is -2.27. The molecule has 2 heterocycles. The molecule has 0 radical (unpaired) electrons. The molecule has 0 aliphatic heterocycles. The number of rotatable bonds is 5. The summed E-state index contributed by atoms with van der Waals surface area (Å²) in [6.07, 6.45) is 1.73. The van der Waals surface area contributed by atoms with Gasteiger partial charge in [-0.1, -0.05) is 34.3 Å². The fourth-order valence-electron chi connectivity index (χ4n) is 2.48. The molecule has 0 saturated heterocycles.